The summed E-state index contributed by atoms with van der Waals surface area (Å²) in [5.74, 6) is -0.260. The molecule has 1 heterocycles. The number of hydrogen-bond acceptors (Lipinski definition) is 6. The fourth-order valence-corrected chi connectivity index (χ4v) is 2.36. The molecule has 0 saturated heterocycles. The minimum atomic E-state index is -0.458. The Kier molecular flexibility index (Phi) is 2.24. The van der Waals surface area contributed by atoms with Crippen LogP contribution in [-0.4, -0.2) is 22.4 Å². The van der Waals surface area contributed by atoms with Gasteiger partial charge in [0, 0.05) is 0 Å². The van der Waals surface area contributed by atoms with E-state index < -0.39 is 5.54 Å². The third-order valence-electron chi connectivity index (χ3n) is 2.54. The lowest BCUT2D eigenvalue weighted by Crippen LogP contribution is -2.51. The Labute approximate surface area is 85.5 Å². The third kappa shape index (κ3) is 1.40. The average Bonchev–Trinajstić information content (AvgIpc) is 2.64. The highest BCUT2D eigenvalue weighted by atomic mass is 32.1. The lowest BCUT2D eigenvalue weighted by molar-refractivity contribution is -0.151. The molecule has 1 aliphatic carbocycles. The van der Waals surface area contributed by atoms with Crippen molar-refractivity contribution in [1.82, 2.24) is 9.36 Å². The van der Waals surface area contributed by atoms with Crippen molar-refractivity contribution in [3.8, 4) is 0 Å². The zero-order chi connectivity index (χ0) is 10.2. The monoisotopic (exact) mass is 213 g/mol. The van der Waals surface area contributed by atoms with Crippen molar-refractivity contribution < 1.29 is 9.53 Å². The Morgan fingerprint density at radius 1 is 1.79 bits per heavy atom. The summed E-state index contributed by atoms with van der Waals surface area (Å²) < 4.78 is 8.53. The van der Waals surface area contributed by atoms with Gasteiger partial charge in [0.1, 0.15) is 11.3 Å². The highest BCUT2D eigenvalue weighted by molar-refractivity contribution is 7.05. The molecule has 14 heavy (non-hydrogen) atoms. The maximum atomic E-state index is 11.1. The van der Waals surface area contributed by atoms with E-state index in [1.54, 1.807) is 0 Å². The minimum Gasteiger partial charge on any atom is -0.469 e. The molecule has 0 aromatic carbocycles. The van der Waals surface area contributed by atoms with Crippen LogP contribution < -0.4 is 5.73 Å². The summed E-state index contributed by atoms with van der Waals surface area (Å²) in [6.45, 7) is 0. The Balaban J connectivity index is 2.02. The molecule has 1 saturated carbocycles. The molecule has 1 aromatic heterocycles. The molecule has 1 fully saturated rings. The van der Waals surface area contributed by atoms with Gasteiger partial charge in [0.2, 0.25) is 0 Å². The van der Waals surface area contributed by atoms with E-state index in [-0.39, 0.29) is 11.9 Å². The van der Waals surface area contributed by atoms with E-state index >= 15 is 0 Å². The van der Waals surface area contributed by atoms with E-state index in [0.29, 0.717) is 12.8 Å². The summed E-state index contributed by atoms with van der Waals surface area (Å²) in [7, 11) is 1.39. The van der Waals surface area contributed by atoms with Gasteiger partial charge < -0.3 is 10.5 Å². The summed E-state index contributed by atoms with van der Waals surface area (Å²) in [4.78, 5) is 15.2. The first-order valence-electron chi connectivity index (χ1n) is 4.29. The maximum Gasteiger partial charge on any atom is 0.308 e. The summed E-state index contributed by atoms with van der Waals surface area (Å²) in [5.41, 5.74) is 5.59. The first-order chi connectivity index (χ1) is 6.65. The van der Waals surface area contributed by atoms with Crippen LogP contribution in [0.25, 0.3) is 0 Å². The minimum absolute atomic E-state index is 0.0751. The van der Waals surface area contributed by atoms with Crippen molar-refractivity contribution in [2.75, 3.05) is 7.11 Å². The number of carbonyl (C=O) groups is 1. The highest BCUT2D eigenvalue weighted by Gasteiger charge is 2.48. The van der Waals surface area contributed by atoms with Crippen molar-refractivity contribution in [1.29, 1.82) is 0 Å². The quantitative estimate of drug-likeness (QED) is 0.714. The van der Waals surface area contributed by atoms with E-state index in [2.05, 4.69) is 14.1 Å². The molecule has 0 radical (unpaired) electrons. The van der Waals surface area contributed by atoms with Gasteiger partial charge in [-0.2, -0.15) is 4.37 Å². The van der Waals surface area contributed by atoms with Crippen molar-refractivity contribution in [2.24, 2.45) is 11.7 Å². The Hall–Kier alpha value is -1.01. The number of nitrogens with zero attached hydrogens (tertiary/aromatic N) is 2. The van der Waals surface area contributed by atoms with Gasteiger partial charge in [0.15, 0.2) is 0 Å². The number of nitrogens with two attached hydrogens (primary N) is 1. The lowest BCUT2D eigenvalue weighted by Gasteiger charge is -2.41. The van der Waals surface area contributed by atoms with Crippen LogP contribution >= 0.6 is 11.5 Å². The van der Waals surface area contributed by atoms with Gasteiger partial charge in [-0.15, -0.1) is 0 Å². The lowest BCUT2D eigenvalue weighted by atomic mass is 9.69. The molecule has 2 N–H and O–H groups in total. The van der Waals surface area contributed by atoms with Gasteiger partial charge in [0.25, 0.3) is 0 Å². The van der Waals surface area contributed by atoms with Gasteiger partial charge >= 0.3 is 5.97 Å². The van der Waals surface area contributed by atoms with Crippen molar-refractivity contribution in [3.63, 3.8) is 0 Å². The normalized spacial score (nSPS) is 30.9. The van der Waals surface area contributed by atoms with Crippen LogP contribution in [0.3, 0.4) is 0 Å². The number of ether oxygens (including phenoxy) is 1. The van der Waals surface area contributed by atoms with E-state index in [0.717, 1.165) is 5.01 Å². The van der Waals surface area contributed by atoms with Crippen LogP contribution in [0.4, 0.5) is 0 Å². The number of aromatic nitrogens is 2. The maximum absolute atomic E-state index is 11.1. The Morgan fingerprint density at radius 3 is 3.00 bits per heavy atom. The predicted octanol–water partition coefficient (Wildman–Crippen LogP) is 0.275. The highest BCUT2D eigenvalue weighted by Crippen LogP contribution is 2.44. The second-order valence-corrected chi connectivity index (χ2v) is 4.31. The zero-order valence-corrected chi connectivity index (χ0v) is 8.58. The second-order valence-electron chi connectivity index (χ2n) is 3.53. The van der Waals surface area contributed by atoms with Gasteiger partial charge in [-0.05, 0) is 24.4 Å². The Morgan fingerprint density at radius 2 is 2.50 bits per heavy atom. The average molecular weight is 213 g/mol. The molecule has 2 rings (SSSR count). The van der Waals surface area contributed by atoms with Gasteiger partial charge in [-0.25, -0.2) is 4.98 Å². The van der Waals surface area contributed by atoms with E-state index in [1.807, 2.05) is 0 Å². The van der Waals surface area contributed by atoms with Gasteiger partial charge in [-0.3, -0.25) is 4.79 Å². The molecule has 0 atom stereocenters. The van der Waals surface area contributed by atoms with Gasteiger partial charge in [0.05, 0.1) is 18.6 Å². The summed E-state index contributed by atoms with van der Waals surface area (Å²) >= 11 is 1.29. The first kappa shape index (κ1) is 9.54. The number of carbonyl (C=O) groups excluding carboxylic acids is 1. The van der Waals surface area contributed by atoms with Crippen LogP contribution in [-0.2, 0) is 15.1 Å². The third-order valence-corrected chi connectivity index (χ3v) is 3.43. The van der Waals surface area contributed by atoms with Crippen LogP contribution in [0.5, 0.6) is 0 Å². The van der Waals surface area contributed by atoms with E-state index in [1.165, 1.54) is 25.0 Å². The number of methoxy groups -OCH3 is 1. The molecule has 76 valence electrons. The van der Waals surface area contributed by atoms with E-state index in [9.17, 15) is 4.79 Å². The van der Waals surface area contributed by atoms with Crippen LogP contribution in [0, 0.1) is 5.92 Å². The summed E-state index contributed by atoms with van der Waals surface area (Å²) in [6, 6.07) is 0. The summed E-state index contributed by atoms with van der Waals surface area (Å²) in [5, 5.41) is 0.803. The van der Waals surface area contributed by atoms with E-state index in [4.69, 9.17) is 5.73 Å². The number of rotatable bonds is 2. The second kappa shape index (κ2) is 3.29. The van der Waals surface area contributed by atoms with Crippen LogP contribution in [0.2, 0.25) is 0 Å². The predicted molar refractivity (Wildman–Crippen MR) is 50.5 cm³/mol. The molecular weight excluding hydrogens is 202 g/mol. The number of hydrogen-bond donors (Lipinski definition) is 1. The van der Waals surface area contributed by atoms with Crippen molar-refractivity contribution in [3.05, 3.63) is 11.3 Å². The smallest absolute Gasteiger partial charge is 0.308 e. The molecule has 1 aromatic rings. The largest absolute Gasteiger partial charge is 0.469 e. The van der Waals surface area contributed by atoms with Crippen molar-refractivity contribution in [2.45, 2.75) is 18.4 Å². The van der Waals surface area contributed by atoms with Crippen LogP contribution in [0.1, 0.15) is 17.8 Å². The van der Waals surface area contributed by atoms with Gasteiger partial charge in [-0.1, -0.05) is 0 Å². The molecule has 0 unspecified atom stereocenters. The van der Waals surface area contributed by atoms with Crippen molar-refractivity contribution >= 4 is 17.5 Å². The van der Waals surface area contributed by atoms with Crippen LogP contribution in [0.15, 0.2) is 6.33 Å². The topological polar surface area (TPSA) is 78.1 Å². The first-order valence-corrected chi connectivity index (χ1v) is 5.07. The molecule has 1 aliphatic rings. The standard InChI is InChI=1S/C8H11N3O2S/c1-13-6(12)5-2-8(9,3-5)7-10-4-11-14-7/h4-5H,2-3,9H2,1H3. The SMILES string of the molecule is COC(=O)C1CC(N)(c2ncns2)C1. The number of esters is 1. The summed E-state index contributed by atoms with van der Waals surface area (Å²) in [6.07, 6.45) is 2.70. The molecule has 0 bridgehead atoms. The molecular formula is C8H11N3O2S. The molecule has 6 heteroatoms. The molecule has 0 amide bonds. The molecule has 0 aliphatic heterocycles. The molecule has 0 spiro atoms. The fourth-order valence-electron chi connectivity index (χ4n) is 1.72. The Bertz CT molecular complexity index is 332. The fraction of sp³-hybridized carbons (Fsp3) is 0.625. The molecule has 5 nitrogen and oxygen atoms in total. The zero-order valence-electron chi connectivity index (χ0n) is 7.77.